The number of ether oxygens (including phenoxy) is 5. The van der Waals surface area contributed by atoms with Gasteiger partial charge in [0.05, 0.1) is 31.4 Å². The predicted octanol–water partition coefficient (Wildman–Crippen LogP) is 1.64. The number of esters is 5. The quantitative estimate of drug-likeness (QED) is 0.0949. The topological polar surface area (TPSA) is 210 Å². The van der Waals surface area contributed by atoms with Crippen LogP contribution in [0.25, 0.3) is 0 Å². The van der Waals surface area contributed by atoms with Crippen molar-refractivity contribution in [2.24, 2.45) is 0 Å². The standard InChI is InChI=1S/C26H30I3N3O13/c1-11(33)31-32(8-18(44-15(5)37)10-42-13(3)35)26(40)20-21(27)19(22(28)24(23(20)29)45-16(6)38)25(39)30-7-17(43-14(4)36)9-41-12(2)34/h17-18H,7-10H2,1-6H3,(H,30,39)(H,31,33). The van der Waals surface area contributed by atoms with Crippen LogP contribution in [0.15, 0.2) is 0 Å². The maximum Gasteiger partial charge on any atom is 0.308 e. The van der Waals surface area contributed by atoms with E-state index in [1.54, 1.807) is 67.8 Å². The van der Waals surface area contributed by atoms with E-state index in [0.717, 1.165) is 46.6 Å². The van der Waals surface area contributed by atoms with Gasteiger partial charge in [0.2, 0.25) is 5.91 Å². The van der Waals surface area contributed by atoms with E-state index in [2.05, 4.69) is 10.7 Å². The average molecular weight is 973 g/mol. The minimum atomic E-state index is -1.20. The van der Waals surface area contributed by atoms with Gasteiger partial charge in [0.1, 0.15) is 13.2 Å². The lowest BCUT2D eigenvalue weighted by molar-refractivity contribution is -0.157. The van der Waals surface area contributed by atoms with Crippen LogP contribution in [0.4, 0.5) is 0 Å². The van der Waals surface area contributed by atoms with Gasteiger partial charge in [-0.15, -0.1) is 0 Å². The van der Waals surface area contributed by atoms with Crippen molar-refractivity contribution in [3.05, 3.63) is 21.8 Å². The molecule has 0 saturated carbocycles. The lowest BCUT2D eigenvalue weighted by atomic mass is 10.1. The second kappa shape index (κ2) is 19.0. The molecular formula is C26H30I3N3O13. The number of hydrogen-bond donors (Lipinski definition) is 2. The van der Waals surface area contributed by atoms with E-state index < -0.39 is 72.9 Å². The fourth-order valence-corrected chi connectivity index (χ4v) is 7.75. The number of rotatable bonds is 13. The highest BCUT2D eigenvalue weighted by atomic mass is 127. The van der Waals surface area contributed by atoms with E-state index in [1.165, 1.54) is 0 Å². The minimum Gasteiger partial charge on any atom is -0.462 e. The second-order valence-electron chi connectivity index (χ2n) is 8.98. The van der Waals surface area contributed by atoms with Crippen molar-refractivity contribution < 1.29 is 62.0 Å². The highest BCUT2D eigenvalue weighted by molar-refractivity contribution is 14.1. The molecule has 1 rings (SSSR count). The van der Waals surface area contributed by atoms with E-state index >= 15 is 0 Å². The van der Waals surface area contributed by atoms with Gasteiger partial charge >= 0.3 is 29.8 Å². The number of halogens is 3. The molecule has 0 heterocycles. The monoisotopic (exact) mass is 973 g/mol. The number of carbonyl (C=O) groups is 8. The van der Waals surface area contributed by atoms with Crippen LogP contribution >= 0.6 is 67.8 Å². The van der Waals surface area contributed by atoms with Crippen molar-refractivity contribution in [1.29, 1.82) is 0 Å². The molecule has 3 amide bonds. The minimum absolute atomic E-state index is 0.0724. The lowest BCUT2D eigenvalue weighted by Gasteiger charge is -2.28. The fourth-order valence-electron chi connectivity index (χ4n) is 3.41. The number of hydrogen-bond acceptors (Lipinski definition) is 13. The molecule has 0 aromatic heterocycles. The first-order valence-corrected chi connectivity index (χ1v) is 16.0. The Bertz CT molecular complexity index is 1370. The van der Waals surface area contributed by atoms with Gasteiger partial charge in [-0.25, -0.2) is 5.01 Å². The van der Waals surface area contributed by atoms with Crippen LogP contribution in [0, 0.1) is 10.7 Å². The molecule has 0 fully saturated rings. The molecule has 0 aliphatic rings. The molecule has 0 bridgehead atoms. The van der Waals surface area contributed by atoms with E-state index in [4.69, 9.17) is 23.7 Å². The Morgan fingerprint density at radius 3 is 1.62 bits per heavy atom. The van der Waals surface area contributed by atoms with Gasteiger partial charge in [0, 0.05) is 45.1 Å². The average Bonchev–Trinajstić information content (AvgIpc) is 2.89. The van der Waals surface area contributed by atoms with Crippen LogP contribution in [0.1, 0.15) is 62.3 Å². The molecule has 2 unspecified atom stereocenters. The molecule has 2 N–H and O–H groups in total. The molecular weight excluding hydrogens is 943 g/mol. The summed E-state index contributed by atoms with van der Waals surface area (Å²) in [5.74, 6) is -6.02. The lowest BCUT2D eigenvalue weighted by Crippen LogP contribution is -2.51. The van der Waals surface area contributed by atoms with E-state index in [0.29, 0.717) is 0 Å². The largest absolute Gasteiger partial charge is 0.462 e. The summed E-state index contributed by atoms with van der Waals surface area (Å²) >= 11 is 5.26. The Morgan fingerprint density at radius 2 is 1.16 bits per heavy atom. The summed E-state index contributed by atoms with van der Waals surface area (Å²) in [6.07, 6.45) is -2.25. The molecule has 45 heavy (non-hydrogen) atoms. The highest BCUT2D eigenvalue weighted by Gasteiger charge is 2.33. The Kier molecular flexibility index (Phi) is 16.9. The number of nitrogens with zero attached hydrogens (tertiary/aromatic N) is 1. The maximum absolute atomic E-state index is 14.0. The predicted molar refractivity (Wildman–Crippen MR) is 177 cm³/mol. The molecule has 0 aliphatic heterocycles. The van der Waals surface area contributed by atoms with Crippen molar-refractivity contribution in [1.82, 2.24) is 15.8 Å². The fraction of sp³-hybridized carbons (Fsp3) is 0.462. The smallest absolute Gasteiger partial charge is 0.308 e. The third-order valence-electron chi connectivity index (χ3n) is 4.99. The third kappa shape index (κ3) is 13.6. The molecule has 19 heteroatoms. The summed E-state index contributed by atoms with van der Waals surface area (Å²) in [6, 6.07) is 0. The van der Waals surface area contributed by atoms with Crippen molar-refractivity contribution in [2.45, 2.75) is 53.8 Å². The molecule has 0 radical (unpaired) electrons. The van der Waals surface area contributed by atoms with Crippen LogP contribution < -0.4 is 15.5 Å². The highest BCUT2D eigenvalue weighted by Crippen LogP contribution is 2.38. The summed E-state index contributed by atoms with van der Waals surface area (Å²) < 4.78 is 25.8. The van der Waals surface area contributed by atoms with Gasteiger partial charge in [-0.1, -0.05) is 0 Å². The zero-order chi connectivity index (χ0) is 34.6. The van der Waals surface area contributed by atoms with Crippen molar-refractivity contribution in [2.75, 3.05) is 26.3 Å². The van der Waals surface area contributed by atoms with Crippen molar-refractivity contribution in [3.63, 3.8) is 0 Å². The molecule has 248 valence electrons. The van der Waals surface area contributed by atoms with Gasteiger partial charge < -0.3 is 29.0 Å². The van der Waals surface area contributed by atoms with Crippen LogP contribution in [0.2, 0.25) is 0 Å². The number of amides is 3. The van der Waals surface area contributed by atoms with Crippen molar-refractivity contribution in [3.8, 4) is 5.75 Å². The summed E-state index contributed by atoms with van der Waals surface area (Å²) in [6.45, 7) is 5.20. The maximum atomic E-state index is 14.0. The van der Waals surface area contributed by atoms with Gasteiger partial charge in [-0.05, 0) is 67.8 Å². The summed E-state index contributed by atoms with van der Waals surface area (Å²) in [4.78, 5) is 97.5. The van der Waals surface area contributed by atoms with E-state index in [9.17, 15) is 38.4 Å². The van der Waals surface area contributed by atoms with Crippen LogP contribution in [0.3, 0.4) is 0 Å². The molecule has 0 saturated heterocycles. The first kappa shape index (κ1) is 40.2. The normalized spacial score (nSPS) is 11.7. The first-order chi connectivity index (χ1) is 20.8. The summed E-state index contributed by atoms with van der Waals surface area (Å²) in [7, 11) is 0. The van der Waals surface area contributed by atoms with Crippen molar-refractivity contribution >= 4 is 115 Å². The Labute approximate surface area is 298 Å². The molecule has 2 atom stereocenters. The Morgan fingerprint density at radius 1 is 0.667 bits per heavy atom. The van der Waals surface area contributed by atoms with Crippen LogP contribution in [-0.2, 0) is 47.7 Å². The van der Waals surface area contributed by atoms with Crippen LogP contribution in [-0.4, -0.2) is 91.1 Å². The van der Waals surface area contributed by atoms with E-state index in [-0.39, 0.29) is 40.7 Å². The third-order valence-corrected chi connectivity index (χ3v) is 8.12. The molecule has 1 aromatic carbocycles. The Balaban J connectivity index is 3.69. The van der Waals surface area contributed by atoms with E-state index in [1.807, 2.05) is 0 Å². The Hall–Kier alpha value is -2.83. The zero-order valence-corrected chi connectivity index (χ0v) is 31.3. The second-order valence-corrected chi connectivity index (χ2v) is 12.2. The molecule has 0 spiro atoms. The molecule has 16 nitrogen and oxygen atoms in total. The van der Waals surface area contributed by atoms with Crippen LogP contribution in [0.5, 0.6) is 5.75 Å². The number of benzene rings is 1. The van der Waals surface area contributed by atoms with Gasteiger partial charge in [0.25, 0.3) is 11.8 Å². The number of hydrazine groups is 1. The number of carbonyl (C=O) groups excluding carboxylic acids is 8. The SMILES string of the molecule is CC(=O)NN(CC(COC(C)=O)OC(C)=O)C(=O)c1c(I)c(OC(C)=O)c(I)c(C(=O)NCC(COC(C)=O)OC(C)=O)c1I. The molecule has 1 aromatic rings. The summed E-state index contributed by atoms with van der Waals surface area (Å²) in [5.41, 5.74) is 2.06. The summed E-state index contributed by atoms with van der Waals surface area (Å²) in [5, 5.41) is 3.36. The van der Waals surface area contributed by atoms with Gasteiger partial charge in [-0.3, -0.25) is 43.8 Å². The van der Waals surface area contributed by atoms with Gasteiger partial charge in [0.15, 0.2) is 18.0 Å². The first-order valence-electron chi connectivity index (χ1n) is 12.7. The number of nitrogens with one attached hydrogen (secondary N) is 2. The van der Waals surface area contributed by atoms with Gasteiger partial charge in [-0.2, -0.15) is 0 Å². The zero-order valence-electron chi connectivity index (χ0n) is 24.9. The molecule has 0 aliphatic carbocycles.